The molecule has 1 aromatic carbocycles. The van der Waals surface area contributed by atoms with Crippen LogP contribution in [0.2, 0.25) is 0 Å². The SMILES string of the molecule is Cc1ccc(OCc2nc(Cn3c(-c4ccccn4)noc3=O)cs2)cc1. The average Bonchev–Trinajstić information content (AvgIpc) is 3.29. The van der Waals surface area contributed by atoms with E-state index in [1.165, 1.54) is 21.5 Å². The number of aryl methyl sites for hydroxylation is 1. The van der Waals surface area contributed by atoms with Crippen molar-refractivity contribution in [2.75, 3.05) is 0 Å². The van der Waals surface area contributed by atoms with Crippen LogP contribution < -0.4 is 10.5 Å². The summed E-state index contributed by atoms with van der Waals surface area (Å²) in [5.74, 6) is 0.636. The summed E-state index contributed by atoms with van der Waals surface area (Å²) >= 11 is 1.48. The maximum Gasteiger partial charge on any atom is 0.442 e. The molecule has 8 heteroatoms. The summed E-state index contributed by atoms with van der Waals surface area (Å²) in [4.78, 5) is 20.8. The molecule has 0 fully saturated rings. The van der Waals surface area contributed by atoms with Crippen molar-refractivity contribution in [3.05, 3.63) is 80.9 Å². The summed E-state index contributed by atoms with van der Waals surface area (Å²) in [5, 5.41) is 6.56. The number of pyridine rings is 1. The Hall–Kier alpha value is -3.26. The first-order chi connectivity index (χ1) is 13.2. The summed E-state index contributed by atoms with van der Waals surface area (Å²) in [6.45, 7) is 2.66. The molecule has 0 aliphatic heterocycles. The summed E-state index contributed by atoms with van der Waals surface area (Å²) in [7, 11) is 0. The van der Waals surface area contributed by atoms with Gasteiger partial charge in [0.15, 0.2) is 0 Å². The van der Waals surface area contributed by atoms with Gasteiger partial charge in [-0.05, 0) is 31.2 Å². The van der Waals surface area contributed by atoms with E-state index in [0.29, 0.717) is 18.1 Å². The third-order valence-electron chi connectivity index (χ3n) is 3.88. The molecule has 0 atom stereocenters. The molecule has 0 radical (unpaired) electrons. The van der Waals surface area contributed by atoms with E-state index in [9.17, 15) is 4.79 Å². The molecule has 0 amide bonds. The van der Waals surface area contributed by atoms with Gasteiger partial charge in [-0.15, -0.1) is 11.3 Å². The smallest absolute Gasteiger partial charge is 0.442 e. The first-order valence-corrected chi connectivity index (χ1v) is 9.17. The van der Waals surface area contributed by atoms with E-state index in [1.54, 1.807) is 18.3 Å². The van der Waals surface area contributed by atoms with Gasteiger partial charge in [-0.3, -0.25) is 9.51 Å². The van der Waals surface area contributed by atoms with Crippen LogP contribution in [0.1, 0.15) is 16.3 Å². The van der Waals surface area contributed by atoms with Crippen molar-refractivity contribution in [2.24, 2.45) is 0 Å². The number of hydrogen-bond acceptors (Lipinski definition) is 7. The van der Waals surface area contributed by atoms with Crippen LogP contribution in [0.5, 0.6) is 5.75 Å². The molecule has 4 rings (SSSR count). The molecular formula is C19H16N4O3S. The summed E-state index contributed by atoms with van der Waals surface area (Å²) < 4.78 is 12.0. The highest BCUT2D eigenvalue weighted by molar-refractivity contribution is 7.09. The lowest BCUT2D eigenvalue weighted by atomic mass is 10.2. The molecule has 3 heterocycles. The topological polar surface area (TPSA) is 83.0 Å². The third kappa shape index (κ3) is 3.95. The fourth-order valence-corrected chi connectivity index (χ4v) is 3.21. The van der Waals surface area contributed by atoms with Crippen molar-refractivity contribution in [1.82, 2.24) is 19.7 Å². The third-order valence-corrected chi connectivity index (χ3v) is 4.75. The number of aromatic nitrogens is 4. The number of benzene rings is 1. The van der Waals surface area contributed by atoms with Gasteiger partial charge in [-0.1, -0.05) is 28.9 Å². The first-order valence-electron chi connectivity index (χ1n) is 8.30. The molecule has 7 nitrogen and oxygen atoms in total. The molecule has 0 spiro atoms. The Morgan fingerprint density at radius 3 is 2.81 bits per heavy atom. The van der Waals surface area contributed by atoms with Crippen LogP contribution in [0.3, 0.4) is 0 Å². The molecule has 0 aliphatic rings. The molecule has 3 aromatic heterocycles. The second-order valence-corrected chi connectivity index (χ2v) is 6.85. The van der Waals surface area contributed by atoms with E-state index >= 15 is 0 Å². The standard InChI is InChI=1S/C19H16N4O3S/c1-13-5-7-15(8-6-13)25-11-17-21-14(12-27-17)10-23-18(22-26-19(23)24)16-4-2-3-9-20-16/h2-9,12H,10-11H2,1H3. The zero-order valence-electron chi connectivity index (χ0n) is 14.5. The van der Waals surface area contributed by atoms with Crippen LogP contribution in [0.4, 0.5) is 0 Å². The maximum absolute atomic E-state index is 12.0. The van der Waals surface area contributed by atoms with Crippen molar-refractivity contribution in [2.45, 2.75) is 20.1 Å². The highest BCUT2D eigenvalue weighted by atomic mass is 32.1. The Kier molecular flexibility index (Phi) is 4.80. The van der Waals surface area contributed by atoms with E-state index in [2.05, 4.69) is 15.1 Å². The second kappa shape index (κ2) is 7.55. The molecule has 0 aliphatic carbocycles. The predicted octanol–water partition coefficient (Wildman–Crippen LogP) is 3.29. The van der Waals surface area contributed by atoms with Crippen molar-refractivity contribution >= 4 is 11.3 Å². The van der Waals surface area contributed by atoms with Gasteiger partial charge < -0.3 is 4.74 Å². The molecule has 27 heavy (non-hydrogen) atoms. The molecule has 0 saturated carbocycles. The minimum absolute atomic E-state index is 0.259. The summed E-state index contributed by atoms with van der Waals surface area (Å²) in [6, 6.07) is 13.3. The Balaban J connectivity index is 1.48. The molecule has 0 unspecified atom stereocenters. The zero-order valence-corrected chi connectivity index (χ0v) is 15.3. The van der Waals surface area contributed by atoms with E-state index in [4.69, 9.17) is 9.26 Å². The minimum Gasteiger partial charge on any atom is -0.486 e. The highest BCUT2D eigenvalue weighted by Crippen LogP contribution is 2.18. The van der Waals surface area contributed by atoms with Crippen LogP contribution in [0.25, 0.3) is 11.5 Å². The largest absolute Gasteiger partial charge is 0.486 e. The van der Waals surface area contributed by atoms with Gasteiger partial charge in [0.05, 0.1) is 12.2 Å². The van der Waals surface area contributed by atoms with Gasteiger partial charge in [0.1, 0.15) is 23.1 Å². The van der Waals surface area contributed by atoms with Gasteiger partial charge in [-0.2, -0.15) is 0 Å². The quantitative estimate of drug-likeness (QED) is 0.510. The van der Waals surface area contributed by atoms with E-state index in [-0.39, 0.29) is 6.54 Å². The molecule has 0 bridgehead atoms. The molecule has 0 saturated heterocycles. The molecular weight excluding hydrogens is 364 g/mol. The number of thiazole rings is 1. The fourth-order valence-electron chi connectivity index (χ4n) is 2.52. The van der Waals surface area contributed by atoms with Crippen molar-refractivity contribution in [3.63, 3.8) is 0 Å². The van der Waals surface area contributed by atoms with Crippen molar-refractivity contribution in [3.8, 4) is 17.3 Å². The van der Waals surface area contributed by atoms with Gasteiger partial charge >= 0.3 is 5.76 Å². The average molecular weight is 380 g/mol. The monoisotopic (exact) mass is 380 g/mol. The Morgan fingerprint density at radius 1 is 1.19 bits per heavy atom. The van der Waals surface area contributed by atoms with Gasteiger partial charge in [0.25, 0.3) is 0 Å². The van der Waals surface area contributed by atoms with Crippen LogP contribution in [0, 0.1) is 6.92 Å². The van der Waals surface area contributed by atoms with Crippen molar-refractivity contribution < 1.29 is 9.26 Å². The fraction of sp³-hybridized carbons (Fsp3) is 0.158. The van der Waals surface area contributed by atoms with Crippen LogP contribution >= 0.6 is 11.3 Å². The lowest BCUT2D eigenvalue weighted by molar-refractivity contribution is 0.305. The predicted molar refractivity (Wildman–Crippen MR) is 101 cm³/mol. The van der Waals surface area contributed by atoms with Gasteiger partial charge in [-0.25, -0.2) is 14.3 Å². The van der Waals surface area contributed by atoms with Crippen LogP contribution in [-0.4, -0.2) is 19.7 Å². The lowest BCUT2D eigenvalue weighted by Gasteiger charge is -2.04. The number of rotatable bonds is 6. The normalized spacial score (nSPS) is 10.9. The summed E-state index contributed by atoms with van der Waals surface area (Å²) in [6.07, 6.45) is 1.64. The van der Waals surface area contributed by atoms with E-state index < -0.39 is 5.76 Å². The zero-order chi connectivity index (χ0) is 18.6. The maximum atomic E-state index is 12.0. The van der Waals surface area contributed by atoms with Crippen LogP contribution in [0.15, 0.2) is 63.4 Å². The second-order valence-electron chi connectivity index (χ2n) is 5.91. The van der Waals surface area contributed by atoms with Crippen molar-refractivity contribution in [1.29, 1.82) is 0 Å². The van der Waals surface area contributed by atoms with Crippen LogP contribution in [-0.2, 0) is 13.2 Å². The lowest BCUT2D eigenvalue weighted by Crippen LogP contribution is -2.16. The number of ether oxygens (including phenoxy) is 1. The van der Waals surface area contributed by atoms with Gasteiger partial charge in [0.2, 0.25) is 5.82 Å². The highest BCUT2D eigenvalue weighted by Gasteiger charge is 2.15. The number of nitrogens with zero attached hydrogens (tertiary/aromatic N) is 4. The molecule has 4 aromatic rings. The van der Waals surface area contributed by atoms with E-state index in [0.717, 1.165) is 16.5 Å². The van der Waals surface area contributed by atoms with E-state index in [1.807, 2.05) is 42.6 Å². The summed E-state index contributed by atoms with van der Waals surface area (Å²) in [5.41, 5.74) is 2.49. The first kappa shape index (κ1) is 17.2. The Labute approximate surface area is 158 Å². The minimum atomic E-state index is -0.541. The number of hydrogen-bond donors (Lipinski definition) is 0. The van der Waals surface area contributed by atoms with Gasteiger partial charge in [0, 0.05) is 11.6 Å². The Morgan fingerprint density at radius 2 is 2.04 bits per heavy atom. The molecule has 0 N–H and O–H groups in total. The Bertz CT molecular complexity index is 1080. The molecule has 136 valence electrons.